The second-order valence-corrected chi connectivity index (χ2v) is 7.55. The number of para-hydroxylation sites is 1. The molecule has 3 rings (SSSR count). The van der Waals surface area contributed by atoms with Crippen molar-refractivity contribution in [2.45, 2.75) is 6.92 Å². The molecule has 122 valence electrons. The molecule has 1 aliphatic heterocycles. The average molecular weight is 340 g/mol. The van der Waals surface area contributed by atoms with Crippen molar-refractivity contribution in [2.24, 2.45) is 0 Å². The van der Waals surface area contributed by atoms with E-state index >= 15 is 0 Å². The number of allylic oxidation sites excluding steroid dienone is 5. The van der Waals surface area contributed by atoms with Gasteiger partial charge in [-0.1, -0.05) is 36.9 Å². The van der Waals surface area contributed by atoms with Crippen LogP contribution in [0.5, 0.6) is 17.2 Å². The first-order valence-corrected chi connectivity index (χ1v) is 9.05. The van der Waals surface area contributed by atoms with E-state index in [1.54, 1.807) is 18.2 Å². The van der Waals surface area contributed by atoms with E-state index in [4.69, 9.17) is 4.52 Å². The van der Waals surface area contributed by atoms with Crippen LogP contribution in [0.4, 0.5) is 0 Å². The molecule has 0 radical (unpaired) electrons. The molecule has 1 atom stereocenters. The van der Waals surface area contributed by atoms with Gasteiger partial charge in [0, 0.05) is 5.56 Å². The number of aromatic hydroxyl groups is 2. The fourth-order valence-corrected chi connectivity index (χ4v) is 5.22. The molecule has 1 unspecified atom stereocenters. The smallest absolute Gasteiger partial charge is 0.311 e. The van der Waals surface area contributed by atoms with E-state index in [1.165, 1.54) is 24.3 Å². The highest BCUT2D eigenvalue weighted by Crippen LogP contribution is 2.64. The molecule has 2 aromatic carbocycles. The van der Waals surface area contributed by atoms with Crippen LogP contribution in [0.2, 0.25) is 0 Å². The van der Waals surface area contributed by atoms with E-state index in [-0.39, 0.29) is 16.8 Å². The highest BCUT2D eigenvalue weighted by molar-refractivity contribution is 7.72. The maximum absolute atomic E-state index is 13.8. The molecule has 2 N–H and O–H groups in total. The van der Waals surface area contributed by atoms with Gasteiger partial charge in [-0.05, 0) is 42.8 Å². The van der Waals surface area contributed by atoms with Gasteiger partial charge in [-0.25, -0.2) is 0 Å². The highest BCUT2D eigenvalue weighted by atomic mass is 31.2. The van der Waals surface area contributed by atoms with Crippen molar-refractivity contribution in [1.82, 2.24) is 0 Å². The van der Waals surface area contributed by atoms with Crippen molar-refractivity contribution in [3.63, 3.8) is 0 Å². The molecule has 0 spiro atoms. The number of fused-ring (bicyclic) bond motifs is 1. The van der Waals surface area contributed by atoms with Gasteiger partial charge in [-0.15, -0.1) is 0 Å². The molecule has 0 saturated heterocycles. The molecule has 0 aliphatic carbocycles. The molecule has 1 aliphatic rings. The van der Waals surface area contributed by atoms with Gasteiger partial charge in [0.15, 0.2) is 0 Å². The molecule has 1 heterocycles. The van der Waals surface area contributed by atoms with Crippen LogP contribution >= 0.6 is 7.37 Å². The van der Waals surface area contributed by atoms with Gasteiger partial charge in [0.25, 0.3) is 0 Å². The van der Waals surface area contributed by atoms with E-state index in [0.29, 0.717) is 11.1 Å². The monoisotopic (exact) mass is 340 g/mol. The first kappa shape index (κ1) is 16.2. The zero-order chi connectivity index (χ0) is 17.3. The van der Waals surface area contributed by atoms with Gasteiger partial charge < -0.3 is 14.7 Å². The molecular formula is C19H17O4P. The second kappa shape index (κ2) is 6.06. The standard InChI is InChI=1S/C19H17O4P/c1-3-7-18-14(4-2)15-8-5-6-9-17(15)23-24(18,22)19-12-13(20)10-11-16(19)21/h3-12,20-21H,1H2,2H3/b14-4-,18-7+. The van der Waals surface area contributed by atoms with E-state index < -0.39 is 7.37 Å². The van der Waals surface area contributed by atoms with Crippen LogP contribution in [0.3, 0.4) is 0 Å². The zero-order valence-corrected chi connectivity index (χ0v) is 14.0. The summed E-state index contributed by atoms with van der Waals surface area (Å²) in [7, 11) is -3.65. The molecule has 4 nitrogen and oxygen atoms in total. The quantitative estimate of drug-likeness (QED) is 0.621. The van der Waals surface area contributed by atoms with Crippen LogP contribution < -0.4 is 9.83 Å². The average Bonchev–Trinajstić information content (AvgIpc) is 2.58. The molecule has 0 saturated carbocycles. The van der Waals surface area contributed by atoms with Gasteiger partial charge in [0.1, 0.15) is 17.2 Å². The minimum Gasteiger partial charge on any atom is -0.508 e. The van der Waals surface area contributed by atoms with Gasteiger partial charge in [-0.2, -0.15) is 0 Å². The highest BCUT2D eigenvalue weighted by Gasteiger charge is 2.41. The Bertz CT molecular complexity index is 925. The first-order valence-electron chi connectivity index (χ1n) is 7.43. The molecule has 2 aromatic rings. The van der Waals surface area contributed by atoms with E-state index in [1.807, 2.05) is 25.1 Å². The largest absolute Gasteiger partial charge is 0.508 e. The lowest BCUT2D eigenvalue weighted by molar-refractivity contribution is 0.458. The maximum Gasteiger partial charge on any atom is 0.311 e. The first-order chi connectivity index (χ1) is 11.5. The normalized spacial score (nSPS) is 22.9. The Labute approximate surface area is 140 Å². The third kappa shape index (κ3) is 2.45. The second-order valence-electron chi connectivity index (χ2n) is 5.30. The summed E-state index contributed by atoms with van der Waals surface area (Å²) in [6.45, 7) is 5.53. The summed E-state index contributed by atoms with van der Waals surface area (Å²) >= 11 is 0. The number of phenolic OH excluding ortho intramolecular Hbond substituents is 2. The third-order valence-electron chi connectivity index (χ3n) is 3.84. The predicted octanol–water partition coefficient (Wildman–Crippen LogP) is 4.57. The van der Waals surface area contributed by atoms with Gasteiger partial charge >= 0.3 is 7.37 Å². The van der Waals surface area contributed by atoms with Crippen LogP contribution in [0.15, 0.2) is 72.6 Å². The number of hydrogen-bond donors (Lipinski definition) is 2. The SMILES string of the molecule is C=C/C=C1\C(=C/C)c2ccccc2OP1(=O)c1cc(O)ccc1O. The maximum atomic E-state index is 13.8. The van der Waals surface area contributed by atoms with Crippen LogP contribution in [0, 0.1) is 0 Å². The van der Waals surface area contributed by atoms with Crippen LogP contribution in [-0.2, 0) is 4.57 Å². The van der Waals surface area contributed by atoms with E-state index in [0.717, 1.165) is 11.1 Å². The summed E-state index contributed by atoms with van der Waals surface area (Å²) in [5.41, 5.74) is 1.57. The lowest BCUT2D eigenvalue weighted by Gasteiger charge is -2.31. The van der Waals surface area contributed by atoms with Crippen LogP contribution in [0.1, 0.15) is 12.5 Å². The Balaban J connectivity index is 2.35. The van der Waals surface area contributed by atoms with E-state index in [9.17, 15) is 14.8 Å². The fraction of sp³-hybridized carbons (Fsp3) is 0.0526. The molecule has 0 fully saturated rings. The fourth-order valence-electron chi connectivity index (χ4n) is 2.78. The van der Waals surface area contributed by atoms with Crippen LogP contribution in [-0.4, -0.2) is 10.2 Å². The lowest BCUT2D eigenvalue weighted by atomic mass is 10.0. The molecule has 24 heavy (non-hydrogen) atoms. The Morgan fingerprint density at radius 3 is 2.62 bits per heavy atom. The number of benzene rings is 2. The Morgan fingerprint density at radius 1 is 1.17 bits per heavy atom. The number of phenols is 2. The van der Waals surface area contributed by atoms with Gasteiger partial charge in [0.05, 0.1) is 10.6 Å². The summed E-state index contributed by atoms with van der Waals surface area (Å²) in [4.78, 5) is 0. The van der Waals surface area contributed by atoms with E-state index in [2.05, 4.69) is 6.58 Å². The lowest BCUT2D eigenvalue weighted by Crippen LogP contribution is -2.17. The summed E-state index contributed by atoms with van der Waals surface area (Å²) in [6, 6.07) is 11.2. The number of hydrogen-bond acceptors (Lipinski definition) is 4. The molecule has 5 heteroatoms. The third-order valence-corrected chi connectivity index (χ3v) is 6.31. The summed E-state index contributed by atoms with van der Waals surface area (Å²) < 4.78 is 19.7. The van der Waals surface area contributed by atoms with Crippen molar-refractivity contribution < 1.29 is 19.3 Å². The summed E-state index contributed by atoms with van der Waals surface area (Å²) in [5.74, 6) is 0.180. The minimum absolute atomic E-state index is 0.0597. The van der Waals surface area contributed by atoms with Crippen molar-refractivity contribution >= 4 is 18.2 Å². The van der Waals surface area contributed by atoms with Crippen molar-refractivity contribution in [3.05, 3.63) is 78.1 Å². The predicted molar refractivity (Wildman–Crippen MR) is 96.0 cm³/mol. The topological polar surface area (TPSA) is 66.8 Å². The molecular weight excluding hydrogens is 323 g/mol. The summed E-state index contributed by atoms with van der Waals surface area (Å²) in [6.07, 6.45) is 5.00. The summed E-state index contributed by atoms with van der Waals surface area (Å²) in [5, 5.41) is 20.5. The van der Waals surface area contributed by atoms with Gasteiger partial charge in [0.2, 0.25) is 0 Å². The zero-order valence-electron chi connectivity index (χ0n) is 13.1. The molecule has 0 bridgehead atoms. The van der Waals surface area contributed by atoms with Crippen molar-refractivity contribution in [3.8, 4) is 17.2 Å². The van der Waals surface area contributed by atoms with Crippen LogP contribution in [0.25, 0.3) is 5.57 Å². The Kier molecular flexibility index (Phi) is 4.08. The van der Waals surface area contributed by atoms with Crippen molar-refractivity contribution in [2.75, 3.05) is 0 Å². The molecule has 0 amide bonds. The Hall–Kier alpha value is -2.71. The van der Waals surface area contributed by atoms with Gasteiger partial charge in [-0.3, -0.25) is 4.57 Å². The minimum atomic E-state index is -3.65. The number of rotatable bonds is 2. The van der Waals surface area contributed by atoms with Crippen molar-refractivity contribution in [1.29, 1.82) is 0 Å². The molecule has 0 aromatic heterocycles. The Morgan fingerprint density at radius 2 is 1.92 bits per heavy atom.